The molecular formula is C25H26ClN7O. The largest absolute Gasteiger partial charge is 0.397 e. The molecule has 4 N–H and O–H groups in total. The molecule has 8 nitrogen and oxygen atoms in total. The highest BCUT2D eigenvalue weighted by Crippen LogP contribution is 2.34. The van der Waals surface area contributed by atoms with Gasteiger partial charge in [-0.25, -0.2) is 15.0 Å². The first-order chi connectivity index (χ1) is 16.5. The molecule has 3 aromatic heterocycles. The van der Waals surface area contributed by atoms with Crippen LogP contribution in [0.25, 0.3) is 22.2 Å². The number of benzene rings is 1. The van der Waals surface area contributed by atoms with Crippen LogP contribution in [0.2, 0.25) is 5.02 Å². The molecule has 0 saturated heterocycles. The molecule has 1 fully saturated rings. The number of carbonyl (C=O) groups excluding carboxylic acids is 1. The van der Waals surface area contributed by atoms with Gasteiger partial charge in [0.05, 0.1) is 28.8 Å². The fourth-order valence-corrected chi connectivity index (χ4v) is 4.78. The summed E-state index contributed by atoms with van der Waals surface area (Å²) in [6.45, 7) is 0. The molecule has 0 bridgehead atoms. The van der Waals surface area contributed by atoms with E-state index in [1.54, 1.807) is 18.3 Å². The topological polar surface area (TPSA) is 111 Å². The summed E-state index contributed by atoms with van der Waals surface area (Å²) < 4.78 is 2.07. The Kier molecular flexibility index (Phi) is 6.06. The van der Waals surface area contributed by atoms with Gasteiger partial charge in [-0.3, -0.25) is 4.79 Å². The number of nitrogens with zero attached hydrogens (tertiary/aromatic N) is 4. The Balaban J connectivity index is 1.30. The lowest BCUT2D eigenvalue weighted by Crippen LogP contribution is -2.42. The van der Waals surface area contributed by atoms with Crippen LogP contribution in [0.15, 0.2) is 55.0 Å². The third-order valence-corrected chi connectivity index (χ3v) is 6.53. The lowest BCUT2D eigenvalue weighted by atomic mass is 9.91. The van der Waals surface area contributed by atoms with Crippen molar-refractivity contribution in [2.75, 3.05) is 11.1 Å². The van der Waals surface area contributed by atoms with Crippen molar-refractivity contribution in [1.29, 1.82) is 0 Å². The molecule has 3 heterocycles. The van der Waals surface area contributed by atoms with Gasteiger partial charge in [0.1, 0.15) is 5.69 Å². The van der Waals surface area contributed by atoms with Crippen molar-refractivity contribution in [3.05, 3.63) is 65.7 Å². The minimum atomic E-state index is -0.188. The zero-order valence-corrected chi connectivity index (χ0v) is 19.6. The van der Waals surface area contributed by atoms with Crippen LogP contribution in [-0.2, 0) is 7.05 Å². The van der Waals surface area contributed by atoms with E-state index in [0.29, 0.717) is 28.0 Å². The average Bonchev–Trinajstić information content (AvgIpc) is 3.17. The van der Waals surface area contributed by atoms with Gasteiger partial charge >= 0.3 is 0 Å². The van der Waals surface area contributed by atoms with Crippen LogP contribution in [0.1, 0.15) is 36.2 Å². The van der Waals surface area contributed by atoms with Gasteiger partial charge in [-0.1, -0.05) is 29.8 Å². The number of carbonyl (C=O) groups is 1. The number of hydrogen-bond acceptors (Lipinski definition) is 6. The molecule has 0 unspecified atom stereocenters. The van der Waals surface area contributed by atoms with Crippen LogP contribution >= 0.6 is 11.6 Å². The van der Waals surface area contributed by atoms with Crippen LogP contribution in [0.4, 0.5) is 11.6 Å². The second-order valence-corrected chi connectivity index (χ2v) is 9.12. The van der Waals surface area contributed by atoms with Gasteiger partial charge in [-0.15, -0.1) is 0 Å². The number of nitrogens with one attached hydrogen (secondary N) is 2. The number of para-hydroxylation sites is 1. The normalized spacial score (nSPS) is 18.1. The van der Waals surface area contributed by atoms with Crippen molar-refractivity contribution in [2.24, 2.45) is 7.05 Å². The minimum absolute atomic E-state index is 0.0444. The molecule has 1 amide bonds. The number of nitrogens with two attached hydrogens (primary N) is 1. The summed E-state index contributed by atoms with van der Waals surface area (Å²) in [5.41, 5.74) is 9.35. The summed E-state index contributed by atoms with van der Waals surface area (Å²) in [7, 11) is 2.01. The molecule has 34 heavy (non-hydrogen) atoms. The standard InChI is InChI=1S/C25H26ClN7O/c1-33-14-19(18-7-2-3-8-22(18)33)23-20(26)13-29-25(32-23)31-17-6-4-5-16(11-17)30-24(34)21-10-9-15(27)12-28-21/h2-3,7-10,12-14,16-17H,4-6,11,27H2,1H3,(H,30,34)(H,29,31,32)/t16-,17+/m0/s1. The zero-order chi connectivity index (χ0) is 23.7. The number of fused-ring (bicyclic) bond motifs is 1. The van der Waals surface area contributed by atoms with Crippen molar-refractivity contribution in [1.82, 2.24) is 24.8 Å². The molecule has 0 spiro atoms. The number of hydrogen-bond donors (Lipinski definition) is 3. The number of anilines is 2. The number of amides is 1. The van der Waals surface area contributed by atoms with E-state index >= 15 is 0 Å². The second-order valence-electron chi connectivity index (χ2n) is 8.72. The van der Waals surface area contributed by atoms with Gasteiger partial charge in [0.15, 0.2) is 0 Å². The molecule has 0 radical (unpaired) electrons. The van der Waals surface area contributed by atoms with E-state index in [1.165, 1.54) is 6.20 Å². The Hall–Kier alpha value is -3.65. The van der Waals surface area contributed by atoms with E-state index in [4.69, 9.17) is 22.3 Å². The van der Waals surface area contributed by atoms with Crippen molar-refractivity contribution in [3.8, 4) is 11.3 Å². The predicted molar refractivity (Wildman–Crippen MR) is 135 cm³/mol. The van der Waals surface area contributed by atoms with E-state index in [-0.39, 0.29) is 18.0 Å². The minimum Gasteiger partial charge on any atom is -0.397 e. The average molecular weight is 476 g/mol. The summed E-state index contributed by atoms with van der Waals surface area (Å²) >= 11 is 6.51. The van der Waals surface area contributed by atoms with Gasteiger partial charge in [0.2, 0.25) is 5.95 Å². The predicted octanol–water partition coefficient (Wildman–Crippen LogP) is 4.42. The smallest absolute Gasteiger partial charge is 0.270 e. The van der Waals surface area contributed by atoms with E-state index in [0.717, 1.165) is 42.1 Å². The highest BCUT2D eigenvalue weighted by molar-refractivity contribution is 6.33. The van der Waals surface area contributed by atoms with E-state index in [2.05, 4.69) is 37.3 Å². The highest BCUT2D eigenvalue weighted by atomic mass is 35.5. The maximum atomic E-state index is 12.6. The molecule has 1 aromatic carbocycles. The van der Waals surface area contributed by atoms with Crippen LogP contribution in [0.5, 0.6) is 0 Å². The molecule has 2 atom stereocenters. The molecule has 1 saturated carbocycles. The Morgan fingerprint density at radius 1 is 1.12 bits per heavy atom. The molecule has 1 aliphatic rings. The third-order valence-electron chi connectivity index (χ3n) is 6.26. The van der Waals surface area contributed by atoms with Gasteiger partial charge in [-0.05, 0) is 43.9 Å². The molecular weight excluding hydrogens is 450 g/mol. The lowest BCUT2D eigenvalue weighted by molar-refractivity contribution is 0.0921. The number of rotatable bonds is 5. The molecule has 5 rings (SSSR count). The number of halogens is 1. The van der Waals surface area contributed by atoms with E-state index in [1.807, 2.05) is 25.4 Å². The fraction of sp³-hybridized carbons (Fsp3) is 0.280. The maximum absolute atomic E-state index is 12.6. The van der Waals surface area contributed by atoms with Gasteiger partial charge < -0.3 is 20.9 Å². The van der Waals surface area contributed by atoms with Crippen LogP contribution < -0.4 is 16.4 Å². The summed E-state index contributed by atoms with van der Waals surface area (Å²) in [6, 6.07) is 11.7. The number of nitrogen functional groups attached to an aromatic ring is 1. The van der Waals surface area contributed by atoms with Gasteiger partial charge in [0, 0.05) is 41.8 Å². The monoisotopic (exact) mass is 475 g/mol. The van der Waals surface area contributed by atoms with E-state index < -0.39 is 0 Å². The Morgan fingerprint density at radius 2 is 1.94 bits per heavy atom. The summed E-state index contributed by atoms with van der Waals surface area (Å²) in [5, 5.41) is 8.14. The first-order valence-corrected chi connectivity index (χ1v) is 11.7. The fourth-order valence-electron chi connectivity index (χ4n) is 4.59. The zero-order valence-electron chi connectivity index (χ0n) is 18.8. The quantitative estimate of drug-likeness (QED) is 0.394. The van der Waals surface area contributed by atoms with Crippen LogP contribution in [0, 0.1) is 0 Å². The molecule has 1 aliphatic carbocycles. The Morgan fingerprint density at radius 3 is 2.76 bits per heavy atom. The van der Waals surface area contributed by atoms with Gasteiger partial charge in [0.25, 0.3) is 5.91 Å². The molecule has 174 valence electrons. The van der Waals surface area contributed by atoms with Crippen molar-refractivity contribution in [2.45, 2.75) is 37.8 Å². The summed E-state index contributed by atoms with van der Waals surface area (Å²) in [4.78, 5) is 25.9. The summed E-state index contributed by atoms with van der Waals surface area (Å²) in [5.74, 6) is 0.344. The number of aryl methyl sites for hydroxylation is 1. The Labute approximate surface area is 202 Å². The lowest BCUT2D eigenvalue weighted by Gasteiger charge is -2.30. The van der Waals surface area contributed by atoms with E-state index in [9.17, 15) is 4.79 Å². The van der Waals surface area contributed by atoms with Crippen LogP contribution in [0.3, 0.4) is 0 Å². The first kappa shape index (κ1) is 22.2. The molecule has 9 heteroatoms. The van der Waals surface area contributed by atoms with Crippen molar-refractivity contribution >= 4 is 40.0 Å². The second kappa shape index (κ2) is 9.30. The molecule has 0 aliphatic heterocycles. The highest BCUT2D eigenvalue weighted by Gasteiger charge is 2.25. The number of pyridine rings is 1. The van der Waals surface area contributed by atoms with Crippen molar-refractivity contribution in [3.63, 3.8) is 0 Å². The Bertz CT molecular complexity index is 1340. The third kappa shape index (κ3) is 4.54. The van der Waals surface area contributed by atoms with Crippen molar-refractivity contribution < 1.29 is 4.79 Å². The SMILES string of the molecule is Cn1cc(-c2nc(N[C@@H]3CCC[C@H](NC(=O)c4ccc(N)cn4)C3)ncc2Cl)c2ccccc21. The van der Waals surface area contributed by atoms with Gasteiger partial charge in [-0.2, -0.15) is 0 Å². The maximum Gasteiger partial charge on any atom is 0.270 e. The summed E-state index contributed by atoms with van der Waals surface area (Å²) in [6.07, 6.45) is 8.83. The molecule has 4 aromatic rings. The van der Waals surface area contributed by atoms with Crippen LogP contribution in [-0.4, -0.2) is 37.5 Å². The first-order valence-electron chi connectivity index (χ1n) is 11.3. The number of aromatic nitrogens is 4.